The number of tetrazole rings is 1. The van der Waals surface area contributed by atoms with Crippen LogP contribution in [0.5, 0.6) is 0 Å². The van der Waals surface area contributed by atoms with Gasteiger partial charge in [0.2, 0.25) is 5.91 Å². The Balaban J connectivity index is 1.84. The van der Waals surface area contributed by atoms with Gasteiger partial charge in [0.05, 0.1) is 18.6 Å². The Kier molecular flexibility index (Phi) is 4.65. The number of anilines is 1. The number of aryl methyl sites for hydroxylation is 1. The summed E-state index contributed by atoms with van der Waals surface area (Å²) in [5.41, 5.74) is 1.53. The van der Waals surface area contributed by atoms with Crippen LogP contribution >= 0.6 is 11.3 Å². The number of esters is 1. The summed E-state index contributed by atoms with van der Waals surface area (Å²) in [7, 11) is 0. The van der Waals surface area contributed by atoms with Crippen molar-refractivity contribution in [3.8, 4) is 0 Å². The quantitative estimate of drug-likeness (QED) is 0.801. The summed E-state index contributed by atoms with van der Waals surface area (Å²) >= 11 is 1.46. The monoisotopic (exact) mass is 335 g/mol. The van der Waals surface area contributed by atoms with Gasteiger partial charge in [0.25, 0.3) is 0 Å². The van der Waals surface area contributed by atoms with Crippen LogP contribution in [0.3, 0.4) is 0 Å². The highest BCUT2D eigenvalue weighted by molar-refractivity contribution is 7.17. The first-order valence-electron chi connectivity index (χ1n) is 7.53. The molecule has 8 nitrogen and oxygen atoms in total. The van der Waals surface area contributed by atoms with Crippen molar-refractivity contribution in [2.75, 3.05) is 11.9 Å². The lowest BCUT2D eigenvalue weighted by molar-refractivity contribution is -0.115. The van der Waals surface area contributed by atoms with E-state index >= 15 is 0 Å². The van der Waals surface area contributed by atoms with Gasteiger partial charge < -0.3 is 10.1 Å². The largest absolute Gasteiger partial charge is 0.462 e. The zero-order chi connectivity index (χ0) is 16.2. The second kappa shape index (κ2) is 6.86. The molecule has 0 bridgehead atoms. The van der Waals surface area contributed by atoms with Crippen LogP contribution in [0.25, 0.3) is 0 Å². The molecule has 3 rings (SSSR count). The van der Waals surface area contributed by atoms with Crippen molar-refractivity contribution in [1.29, 1.82) is 0 Å². The molecule has 23 heavy (non-hydrogen) atoms. The summed E-state index contributed by atoms with van der Waals surface area (Å²) in [5, 5.41) is 16.6. The molecule has 2 heterocycles. The van der Waals surface area contributed by atoms with Crippen LogP contribution < -0.4 is 5.32 Å². The molecule has 2 aromatic heterocycles. The average Bonchev–Trinajstić information content (AvgIpc) is 3.14. The molecular formula is C14H17N5O3S. The van der Waals surface area contributed by atoms with Gasteiger partial charge in [-0.1, -0.05) is 5.21 Å². The van der Waals surface area contributed by atoms with Crippen LogP contribution in [0, 0.1) is 0 Å². The van der Waals surface area contributed by atoms with E-state index in [9.17, 15) is 9.59 Å². The molecule has 122 valence electrons. The van der Waals surface area contributed by atoms with E-state index in [0.29, 0.717) is 23.0 Å². The lowest BCUT2D eigenvalue weighted by Gasteiger charge is -2.12. The molecule has 9 heteroatoms. The number of H-pyrrole nitrogens is 1. The Morgan fingerprint density at radius 2 is 2.17 bits per heavy atom. The Morgan fingerprint density at radius 1 is 1.35 bits per heavy atom. The lowest BCUT2D eigenvalue weighted by atomic mass is 9.95. The first-order chi connectivity index (χ1) is 11.2. The highest BCUT2D eigenvalue weighted by Crippen LogP contribution is 2.38. The van der Waals surface area contributed by atoms with Gasteiger partial charge in [-0.15, -0.1) is 21.5 Å². The highest BCUT2D eigenvalue weighted by atomic mass is 32.1. The van der Waals surface area contributed by atoms with Crippen molar-refractivity contribution >= 4 is 28.2 Å². The number of carbonyl (C=O) groups excluding carboxylic acids is 2. The summed E-state index contributed by atoms with van der Waals surface area (Å²) in [6.45, 7) is 2.07. The molecule has 0 aliphatic heterocycles. The number of fused-ring (bicyclic) bond motifs is 1. The standard InChI is InChI=1S/C14H17N5O3S/c1-2-22-14(21)12-8-5-3-4-6-9(8)23-13(12)15-11(20)7-10-16-18-19-17-10/h2-7H2,1H3,(H,15,20)(H,16,17,18,19). The molecule has 1 aliphatic rings. The normalized spacial score (nSPS) is 13.4. The molecule has 0 atom stereocenters. The number of ether oxygens (including phenoxy) is 1. The van der Waals surface area contributed by atoms with Crippen LogP contribution in [0.2, 0.25) is 0 Å². The molecule has 0 unspecified atom stereocenters. The SMILES string of the molecule is CCOC(=O)c1c(NC(=O)Cc2nn[nH]n2)sc2c1CCCC2. The minimum atomic E-state index is -0.373. The summed E-state index contributed by atoms with van der Waals surface area (Å²) in [6, 6.07) is 0. The number of rotatable bonds is 5. The molecule has 2 aromatic rings. The molecular weight excluding hydrogens is 318 g/mol. The predicted octanol–water partition coefficient (Wildman–Crippen LogP) is 1.50. The number of hydrogen-bond acceptors (Lipinski definition) is 7. The van der Waals surface area contributed by atoms with E-state index in [-0.39, 0.29) is 18.3 Å². The number of nitrogens with one attached hydrogen (secondary N) is 2. The first kappa shape index (κ1) is 15.6. The maximum atomic E-state index is 12.3. The van der Waals surface area contributed by atoms with Crippen LogP contribution in [0.4, 0.5) is 5.00 Å². The van der Waals surface area contributed by atoms with E-state index in [1.54, 1.807) is 6.92 Å². The third kappa shape index (κ3) is 3.39. The van der Waals surface area contributed by atoms with Crippen molar-refractivity contribution in [3.63, 3.8) is 0 Å². The fourth-order valence-corrected chi connectivity index (χ4v) is 3.94. The van der Waals surface area contributed by atoms with E-state index in [0.717, 1.165) is 36.1 Å². The van der Waals surface area contributed by atoms with Crippen LogP contribution in [-0.2, 0) is 28.8 Å². The van der Waals surface area contributed by atoms with Gasteiger partial charge in [-0.25, -0.2) is 4.79 Å². The number of hydrogen-bond donors (Lipinski definition) is 2. The van der Waals surface area contributed by atoms with Crippen molar-refractivity contribution in [2.24, 2.45) is 0 Å². The molecule has 0 fully saturated rings. The van der Waals surface area contributed by atoms with E-state index in [1.807, 2.05) is 0 Å². The fraction of sp³-hybridized carbons (Fsp3) is 0.500. The average molecular weight is 335 g/mol. The third-order valence-corrected chi connectivity index (χ3v) is 4.82. The smallest absolute Gasteiger partial charge is 0.341 e. The van der Waals surface area contributed by atoms with E-state index in [2.05, 4.69) is 25.9 Å². The second-order valence-corrected chi connectivity index (χ2v) is 6.29. The summed E-state index contributed by atoms with van der Waals surface area (Å²) in [6.07, 6.45) is 3.94. The van der Waals surface area contributed by atoms with Gasteiger partial charge >= 0.3 is 5.97 Å². The van der Waals surface area contributed by atoms with Gasteiger partial charge in [0.15, 0.2) is 5.82 Å². The summed E-state index contributed by atoms with van der Waals surface area (Å²) in [4.78, 5) is 25.6. The summed E-state index contributed by atoms with van der Waals surface area (Å²) < 4.78 is 5.16. The van der Waals surface area contributed by atoms with Crippen molar-refractivity contribution in [2.45, 2.75) is 39.0 Å². The van der Waals surface area contributed by atoms with Gasteiger partial charge in [-0.3, -0.25) is 4.79 Å². The minimum absolute atomic E-state index is 0.00132. The van der Waals surface area contributed by atoms with Crippen LogP contribution in [0.1, 0.15) is 46.4 Å². The topological polar surface area (TPSA) is 110 Å². The lowest BCUT2D eigenvalue weighted by Crippen LogP contribution is -2.17. The maximum absolute atomic E-state index is 12.3. The van der Waals surface area contributed by atoms with Gasteiger partial charge in [0.1, 0.15) is 5.00 Å². The zero-order valence-corrected chi connectivity index (χ0v) is 13.5. The highest BCUT2D eigenvalue weighted by Gasteiger charge is 2.27. The number of carbonyl (C=O) groups is 2. The van der Waals surface area contributed by atoms with E-state index in [4.69, 9.17) is 4.74 Å². The molecule has 0 saturated heterocycles. The Labute approximate surface area is 136 Å². The van der Waals surface area contributed by atoms with Gasteiger partial charge in [0, 0.05) is 4.88 Å². The Bertz CT molecular complexity index is 710. The molecule has 0 radical (unpaired) electrons. The zero-order valence-electron chi connectivity index (χ0n) is 12.7. The number of aromatic nitrogens is 4. The molecule has 0 saturated carbocycles. The van der Waals surface area contributed by atoms with Gasteiger partial charge in [-0.2, -0.15) is 5.21 Å². The molecule has 1 aliphatic carbocycles. The molecule has 2 N–H and O–H groups in total. The minimum Gasteiger partial charge on any atom is -0.462 e. The maximum Gasteiger partial charge on any atom is 0.341 e. The van der Waals surface area contributed by atoms with Crippen LogP contribution in [-0.4, -0.2) is 39.1 Å². The number of amides is 1. The van der Waals surface area contributed by atoms with Gasteiger partial charge in [-0.05, 0) is 38.2 Å². The number of thiophene rings is 1. The predicted molar refractivity (Wildman–Crippen MR) is 83.4 cm³/mol. The van der Waals surface area contributed by atoms with E-state index < -0.39 is 0 Å². The molecule has 0 spiro atoms. The molecule has 0 aromatic carbocycles. The van der Waals surface area contributed by atoms with Crippen molar-refractivity contribution < 1.29 is 14.3 Å². The third-order valence-electron chi connectivity index (χ3n) is 3.61. The van der Waals surface area contributed by atoms with Crippen molar-refractivity contribution in [3.05, 3.63) is 21.8 Å². The molecule has 1 amide bonds. The Morgan fingerprint density at radius 3 is 2.91 bits per heavy atom. The fourth-order valence-electron chi connectivity index (χ4n) is 2.64. The van der Waals surface area contributed by atoms with Crippen LogP contribution in [0.15, 0.2) is 0 Å². The van der Waals surface area contributed by atoms with E-state index in [1.165, 1.54) is 11.3 Å². The first-order valence-corrected chi connectivity index (χ1v) is 8.34. The second-order valence-electron chi connectivity index (χ2n) is 5.19. The Hall–Kier alpha value is -2.29. The number of aromatic amines is 1. The van der Waals surface area contributed by atoms with Crippen molar-refractivity contribution in [1.82, 2.24) is 20.6 Å². The summed E-state index contributed by atoms with van der Waals surface area (Å²) in [5.74, 6) is -0.348. The number of nitrogens with zero attached hydrogens (tertiary/aromatic N) is 3.